The van der Waals surface area contributed by atoms with E-state index in [-0.39, 0.29) is 11.9 Å². The maximum Gasteiger partial charge on any atom is 0.235 e. The fourth-order valence-electron chi connectivity index (χ4n) is 1.89. The van der Waals surface area contributed by atoms with Crippen molar-refractivity contribution in [3.05, 3.63) is 0 Å². The molecule has 3 N–H and O–H groups in total. The van der Waals surface area contributed by atoms with Crippen LogP contribution in [0, 0.1) is 5.92 Å². The molecule has 1 heterocycles. The molecule has 0 saturated carbocycles. The highest BCUT2D eigenvalue weighted by atomic mass is 16.1. The first-order chi connectivity index (χ1) is 6.13. The molecule has 1 rings (SSSR count). The number of primary amides is 1. The van der Waals surface area contributed by atoms with Gasteiger partial charge in [0.15, 0.2) is 0 Å². The van der Waals surface area contributed by atoms with Crippen molar-refractivity contribution in [3.8, 4) is 0 Å². The maximum absolute atomic E-state index is 11.2. The number of hydrogen-bond donors (Lipinski definition) is 2. The largest absolute Gasteiger partial charge is 0.368 e. The van der Waals surface area contributed by atoms with Crippen LogP contribution in [0.1, 0.15) is 13.8 Å². The van der Waals surface area contributed by atoms with E-state index >= 15 is 0 Å². The number of nitrogens with two attached hydrogens (primary N) is 1. The van der Waals surface area contributed by atoms with Gasteiger partial charge in [-0.05, 0) is 5.92 Å². The maximum atomic E-state index is 11.2. The monoisotopic (exact) mass is 185 g/mol. The molecular weight excluding hydrogens is 166 g/mol. The number of carbonyl (C=O) groups excluding carboxylic acids is 1. The van der Waals surface area contributed by atoms with Crippen molar-refractivity contribution in [2.45, 2.75) is 19.9 Å². The first-order valence-corrected chi connectivity index (χ1v) is 4.87. The fourth-order valence-corrected chi connectivity index (χ4v) is 1.89. The molecule has 76 valence electrons. The van der Waals surface area contributed by atoms with E-state index in [4.69, 9.17) is 5.73 Å². The smallest absolute Gasteiger partial charge is 0.235 e. The molecule has 0 bridgehead atoms. The van der Waals surface area contributed by atoms with Crippen molar-refractivity contribution in [1.82, 2.24) is 10.2 Å². The summed E-state index contributed by atoms with van der Waals surface area (Å²) in [7, 11) is 0. The summed E-state index contributed by atoms with van der Waals surface area (Å²) in [6, 6.07) is -0.0953. The minimum atomic E-state index is -0.197. The van der Waals surface area contributed by atoms with Gasteiger partial charge in [0.05, 0.1) is 6.04 Å². The molecular formula is C9H19N3O. The van der Waals surface area contributed by atoms with Crippen molar-refractivity contribution in [2.24, 2.45) is 11.7 Å². The Balaban J connectivity index is 2.57. The summed E-state index contributed by atoms with van der Waals surface area (Å²) in [6.07, 6.45) is 0. The van der Waals surface area contributed by atoms with Gasteiger partial charge < -0.3 is 11.1 Å². The van der Waals surface area contributed by atoms with Crippen LogP contribution < -0.4 is 11.1 Å². The molecule has 1 aliphatic rings. The molecule has 1 unspecified atom stereocenters. The quantitative estimate of drug-likeness (QED) is 0.617. The zero-order valence-corrected chi connectivity index (χ0v) is 8.42. The average Bonchev–Trinajstić information content (AvgIpc) is 2.04. The van der Waals surface area contributed by atoms with Crippen LogP contribution in [0.5, 0.6) is 0 Å². The molecule has 4 nitrogen and oxygen atoms in total. The van der Waals surface area contributed by atoms with Crippen LogP contribution >= 0.6 is 0 Å². The van der Waals surface area contributed by atoms with Gasteiger partial charge in [0, 0.05) is 26.2 Å². The SMILES string of the molecule is CC(C)C(C(N)=O)N1CCNCC1. The Kier molecular flexibility index (Phi) is 3.69. The number of amides is 1. The number of hydrogen-bond acceptors (Lipinski definition) is 3. The van der Waals surface area contributed by atoms with Crippen molar-refractivity contribution < 1.29 is 4.79 Å². The van der Waals surface area contributed by atoms with Crippen LogP contribution in [0.4, 0.5) is 0 Å². The minimum Gasteiger partial charge on any atom is -0.368 e. The van der Waals surface area contributed by atoms with Gasteiger partial charge >= 0.3 is 0 Å². The molecule has 1 fully saturated rings. The third-order valence-corrected chi connectivity index (χ3v) is 2.47. The lowest BCUT2D eigenvalue weighted by Crippen LogP contribution is -2.54. The molecule has 0 spiro atoms. The normalized spacial score (nSPS) is 21.8. The average molecular weight is 185 g/mol. The lowest BCUT2D eigenvalue weighted by Gasteiger charge is -2.35. The molecule has 1 saturated heterocycles. The highest BCUT2D eigenvalue weighted by molar-refractivity contribution is 5.80. The summed E-state index contributed by atoms with van der Waals surface area (Å²) in [5, 5.41) is 3.25. The summed E-state index contributed by atoms with van der Waals surface area (Å²) in [4.78, 5) is 13.4. The second-order valence-corrected chi connectivity index (χ2v) is 3.88. The number of carbonyl (C=O) groups is 1. The van der Waals surface area contributed by atoms with E-state index < -0.39 is 0 Å². The highest BCUT2D eigenvalue weighted by Crippen LogP contribution is 2.10. The Morgan fingerprint density at radius 3 is 2.31 bits per heavy atom. The van der Waals surface area contributed by atoms with Gasteiger partial charge in [0.2, 0.25) is 5.91 Å². The van der Waals surface area contributed by atoms with Crippen molar-refractivity contribution in [1.29, 1.82) is 0 Å². The van der Waals surface area contributed by atoms with Crippen LogP contribution in [0.15, 0.2) is 0 Å². The Labute approximate surface area is 79.5 Å². The number of piperazine rings is 1. The van der Waals surface area contributed by atoms with E-state index in [9.17, 15) is 4.79 Å². The number of rotatable bonds is 3. The third-order valence-electron chi connectivity index (χ3n) is 2.47. The van der Waals surface area contributed by atoms with Crippen LogP contribution in [0.3, 0.4) is 0 Å². The summed E-state index contributed by atoms with van der Waals surface area (Å²) in [5.74, 6) is 0.104. The van der Waals surface area contributed by atoms with E-state index in [0.29, 0.717) is 5.92 Å². The molecule has 13 heavy (non-hydrogen) atoms. The van der Waals surface area contributed by atoms with Gasteiger partial charge in [-0.15, -0.1) is 0 Å². The van der Waals surface area contributed by atoms with E-state index in [1.54, 1.807) is 0 Å². The minimum absolute atomic E-state index is 0.0953. The molecule has 1 atom stereocenters. The fraction of sp³-hybridized carbons (Fsp3) is 0.889. The van der Waals surface area contributed by atoms with Gasteiger partial charge in [-0.1, -0.05) is 13.8 Å². The van der Waals surface area contributed by atoms with E-state index in [1.807, 2.05) is 13.8 Å². The van der Waals surface area contributed by atoms with Gasteiger partial charge in [0.1, 0.15) is 0 Å². The van der Waals surface area contributed by atoms with Crippen LogP contribution in [-0.4, -0.2) is 43.0 Å². The van der Waals surface area contributed by atoms with Crippen LogP contribution in [-0.2, 0) is 4.79 Å². The van der Waals surface area contributed by atoms with Crippen LogP contribution in [0.2, 0.25) is 0 Å². The molecule has 0 radical (unpaired) electrons. The van der Waals surface area contributed by atoms with E-state index in [1.165, 1.54) is 0 Å². The number of nitrogens with zero attached hydrogens (tertiary/aromatic N) is 1. The molecule has 0 aliphatic carbocycles. The van der Waals surface area contributed by atoms with Crippen molar-refractivity contribution >= 4 is 5.91 Å². The molecule has 0 aromatic heterocycles. The molecule has 1 amide bonds. The van der Waals surface area contributed by atoms with Crippen molar-refractivity contribution in [3.63, 3.8) is 0 Å². The Hall–Kier alpha value is -0.610. The van der Waals surface area contributed by atoms with E-state index in [2.05, 4.69) is 10.2 Å². The first-order valence-electron chi connectivity index (χ1n) is 4.87. The standard InChI is InChI=1S/C9H19N3O/c1-7(2)8(9(10)13)12-5-3-11-4-6-12/h7-8,11H,3-6H2,1-2H3,(H2,10,13). The lowest BCUT2D eigenvalue weighted by atomic mass is 10.0. The second kappa shape index (κ2) is 4.58. The molecule has 0 aromatic carbocycles. The number of nitrogens with one attached hydrogen (secondary N) is 1. The van der Waals surface area contributed by atoms with Gasteiger partial charge in [-0.3, -0.25) is 9.69 Å². The molecule has 0 aromatic rings. The van der Waals surface area contributed by atoms with Crippen molar-refractivity contribution in [2.75, 3.05) is 26.2 Å². The van der Waals surface area contributed by atoms with Crippen LogP contribution in [0.25, 0.3) is 0 Å². The van der Waals surface area contributed by atoms with Gasteiger partial charge in [0.25, 0.3) is 0 Å². The summed E-state index contributed by atoms with van der Waals surface area (Å²) >= 11 is 0. The predicted molar refractivity (Wildman–Crippen MR) is 52.3 cm³/mol. The zero-order chi connectivity index (χ0) is 9.84. The topological polar surface area (TPSA) is 58.4 Å². The highest BCUT2D eigenvalue weighted by Gasteiger charge is 2.27. The Bertz CT molecular complexity index is 176. The Morgan fingerprint density at radius 2 is 1.92 bits per heavy atom. The Morgan fingerprint density at radius 1 is 1.38 bits per heavy atom. The molecule has 4 heteroatoms. The second-order valence-electron chi connectivity index (χ2n) is 3.88. The third kappa shape index (κ3) is 2.67. The summed E-state index contributed by atoms with van der Waals surface area (Å²) in [5.41, 5.74) is 5.37. The van der Waals surface area contributed by atoms with E-state index in [0.717, 1.165) is 26.2 Å². The van der Waals surface area contributed by atoms with Gasteiger partial charge in [-0.2, -0.15) is 0 Å². The first kappa shape index (κ1) is 10.5. The predicted octanol–water partition coefficient (Wildman–Crippen LogP) is -0.598. The summed E-state index contributed by atoms with van der Waals surface area (Å²) in [6.45, 7) is 7.83. The van der Waals surface area contributed by atoms with Gasteiger partial charge in [-0.25, -0.2) is 0 Å². The molecule has 1 aliphatic heterocycles. The zero-order valence-electron chi connectivity index (χ0n) is 8.42. The lowest BCUT2D eigenvalue weighted by molar-refractivity contribution is -0.125. The summed E-state index contributed by atoms with van der Waals surface area (Å²) < 4.78 is 0.